The van der Waals surface area contributed by atoms with Gasteiger partial charge in [-0.1, -0.05) is 0 Å². The van der Waals surface area contributed by atoms with Crippen molar-refractivity contribution in [1.82, 2.24) is 14.4 Å². The van der Waals surface area contributed by atoms with E-state index < -0.39 is 0 Å². The van der Waals surface area contributed by atoms with Gasteiger partial charge in [0.05, 0.1) is 5.69 Å². The van der Waals surface area contributed by atoms with Gasteiger partial charge in [-0.25, -0.2) is 4.98 Å². The summed E-state index contributed by atoms with van der Waals surface area (Å²) in [5.74, 6) is 0.637. The molecule has 4 rings (SSSR count). The molecule has 0 spiro atoms. The molecule has 1 N–H and O–H groups in total. The molecule has 0 aliphatic heterocycles. The summed E-state index contributed by atoms with van der Waals surface area (Å²) in [6.07, 6.45) is 6.15. The zero-order valence-corrected chi connectivity index (χ0v) is 11.3. The molecule has 3 aromatic heterocycles. The predicted molar refractivity (Wildman–Crippen MR) is 78.0 cm³/mol. The number of nitrogens with zero attached hydrogens (tertiary/aromatic N) is 2. The van der Waals surface area contributed by atoms with Crippen molar-refractivity contribution in [2.45, 2.75) is 25.7 Å². The maximum Gasteiger partial charge on any atom is 0.255 e. The van der Waals surface area contributed by atoms with E-state index in [9.17, 15) is 4.79 Å². The van der Waals surface area contributed by atoms with Gasteiger partial charge in [0.2, 0.25) is 0 Å². The summed E-state index contributed by atoms with van der Waals surface area (Å²) in [6, 6.07) is 7.63. The molecule has 1 fully saturated rings. The van der Waals surface area contributed by atoms with Crippen molar-refractivity contribution in [3.63, 3.8) is 0 Å². The number of aromatic nitrogens is 3. The van der Waals surface area contributed by atoms with E-state index in [0.717, 1.165) is 11.2 Å². The Kier molecular flexibility index (Phi) is 2.33. The lowest BCUT2D eigenvalue weighted by Crippen LogP contribution is -2.07. The van der Waals surface area contributed by atoms with Crippen LogP contribution in [0, 0.1) is 6.92 Å². The Labute approximate surface area is 116 Å². The maximum atomic E-state index is 11.9. The van der Waals surface area contributed by atoms with E-state index >= 15 is 0 Å². The van der Waals surface area contributed by atoms with Crippen LogP contribution >= 0.6 is 0 Å². The fraction of sp³-hybridized carbons (Fsp3) is 0.250. The number of H-pyrrole nitrogens is 1. The quantitative estimate of drug-likeness (QED) is 0.774. The first kappa shape index (κ1) is 11.5. The number of fused-ring (bicyclic) bond motifs is 1. The Morgan fingerprint density at radius 3 is 2.90 bits per heavy atom. The molecule has 3 heterocycles. The second-order valence-corrected chi connectivity index (χ2v) is 5.42. The lowest BCUT2D eigenvalue weighted by molar-refractivity contribution is 1.01. The van der Waals surface area contributed by atoms with Gasteiger partial charge >= 0.3 is 0 Å². The zero-order chi connectivity index (χ0) is 13.7. The van der Waals surface area contributed by atoms with Crippen molar-refractivity contribution in [2.24, 2.45) is 0 Å². The lowest BCUT2D eigenvalue weighted by Gasteiger charge is -2.03. The Balaban J connectivity index is 1.92. The van der Waals surface area contributed by atoms with E-state index in [-0.39, 0.29) is 5.56 Å². The molecule has 0 bridgehead atoms. The maximum absolute atomic E-state index is 11.9. The highest BCUT2D eigenvalue weighted by molar-refractivity contribution is 5.64. The van der Waals surface area contributed by atoms with Crippen LogP contribution in [-0.2, 0) is 0 Å². The van der Waals surface area contributed by atoms with Crippen LogP contribution < -0.4 is 5.56 Å². The largest absolute Gasteiger partial charge is 0.329 e. The average molecular weight is 265 g/mol. The van der Waals surface area contributed by atoms with Crippen molar-refractivity contribution in [2.75, 3.05) is 0 Å². The van der Waals surface area contributed by atoms with Gasteiger partial charge < -0.3 is 9.38 Å². The monoisotopic (exact) mass is 265 g/mol. The van der Waals surface area contributed by atoms with Gasteiger partial charge in [-0.2, -0.15) is 0 Å². The SMILES string of the molecule is Cc1c(C2CC2)nc2ccc(-c3ccc[nH]c3=O)cn12. The Hall–Kier alpha value is -2.36. The third kappa shape index (κ3) is 1.68. The van der Waals surface area contributed by atoms with Gasteiger partial charge in [0.25, 0.3) is 5.56 Å². The Morgan fingerprint density at radius 1 is 1.30 bits per heavy atom. The molecule has 4 heteroatoms. The van der Waals surface area contributed by atoms with E-state index in [1.165, 1.54) is 24.2 Å². The summed E-state index contributed by atoms with van der Waals surface area (Å²) in [4.78, 5) is 19.3. The second-order valence-electron chi connectivity index (χ2n) is 5.42. The molecule has 4 nitrogen and oxygen atoms in total. The van der Waals surface area contributed by atoms with E-state index in [1.807, 2.05) is 30.5 Å². The molecular weight excluding hydrogens is 250 g/mol. The van der Waals surface area contributed by atoms with Crippen LogP contribution in [0.15, 0.2) is 41.5 Å². The number of rotatable bonds is 2. The predicted octanol–water partition coefficient (Wildman–Crippen LogP) is 2.88. The summed E-state index contributed by atoms with van der Waals surface area (Å²) < 4.78 is 2.09. The summed E-state index contributed by atoms with van der Waals surface area (Å²) in [5.41, 5.74) is 4.91. The summed E-state index contributed by atoms with van der Waals surface area (Å²) in [7, 11) is 0. The topological polar surface area (TPSA) is 50.2 Å². The highest BCUT2D eigenvalue weighted by Gasteiger charge is 2.28. The third-order valence-electron chi connectivity index (χ3n) is 3.99. The lowest BCUT2D eigenvalue weighted by atomic mass is 10.1. The summed E-state index contributed by atoms with van der Waals surface area (Å²) in [5, 5.41) is 0. The molecule has 3 aromatic rings. The molecule has 0 amide bonds. The van der Waals surface area contributed by atoms with Crippen LogP contribution in [0.1, 0.15) is 30.1 Å². The first-order valence-electron chi connectivity index (χ1n) is 6.91. The molecule has 1 saturated carbocycles. The minimum absolute atomic E-state index is 0.0629. The van der Waals surface area contributed by atoms with Crippen molar-refractivity contribution in [3.05, 3.63) is 58.4 Å². The van der Waals surface area contributed by atoms with Gasteiger partial charge in [0, 0.05) is 35.1 Å². The van der Waals surface area contributed by atoms with Crippen LogP contribution in [0.3, 0.4) is 0 Å². The Morgan fingerprint density at radius 2 is 2.15 bits per heavy atom. The number of aryl methyl sites for hydroxylation is 1. The molecule has 0 saturated heterocycles. The first-order chi connectivity index (χ1) is 9.74. The third-order valence-corrected chi connectivity index (χ3v) is 3.99. The molecular formula is C16H15N3O. The van der Waals surface area contributed by atoms with E-state index in [1.54, 1.807) is 6.20 Å². The number of hydrogen-bond donors (Lipinski definition) is 1. The van der Waals surface area contributed by atoms with Crippen molar-refractivity contribution >= 4 is 5.65 Å². The van der Waals surface area contributed by atoms with Crippen molar-refractivity contribution < 1.29 is 0 Å². The standard InChI is InChI=1S/C16H15N3O/c1-10-15(11-4-5-11)18-14-7-6-12(9-19(10)14)13-3-2-8-17-16(13)20/h2-3,6-9,11H,4-5H2,1H3,(H,17,20). The molecule has 0 aromatic carbocycles. The van der Waals surface area contributed by atoms with Gasteiger partial charge in [-0.05, 0) is 44.0 Å². The minimum atomic E-state index is -0.0629. The zero-order valence-electron chi connectivity index (χ0n) is 11.3. The van der Waals surface area contributed by atoms with Crippen molar-refractivity contribution in [3.8, 4) is 11.1 Å². The van der Waals surface area contributed by atoms with Crippen LogP contribution in [0.25, 0.3) is 16.8 Å². The van der Waals surface area contributed by atoms with Gasteiger partial charge in [-0.15, -0.1) is 0 Å². The van der Waals surface area contributed by atoms with Gasteiger partial charge in [0.1, 0.15) is 5.65 Å². The summed E-state index contributed by atoms with van der Waals surface area (Å²) >= 11 is 0. The molecule has 0 unspecified atom stereocenters. The van der Waals surface area contributed by atoms with Crippen molar-refractivity contribution in [1.29, 1.82) is 0 Å². The van der Waals surface area contributed by atoms with Crippen LogP contribution in [0.5, 0.6) is 0 Å². The Bertz CT molecular complexity index is 856. The van der Waals surface area contributed by atoms with E-state index in [2.05, 4.69) is 16.3 Å². The first-order valence-corrected chi connectivity index (χ1v) is 6.91. The summed E-state index contributed by atoms with van der Waals surface area (Å²) in [6.45, 7) is 2.10. The molecule has 20 heavy (non-hydrogen) atoms. The second kappa shape index (κ2) is 4.07. The molecule has 0 radical (unpaired) electrons. The molecule has 1 aliphatic rings. The van der Waals surface area contributed by atoms with Crippen LogP contribution in [0.2, 0.25) is 0 Å². The highest BCUT2D eigenvalue weighted by atomic mass is 16.1. The average Bonchev–Trinajstić information content (AvgIpc) is 3.25. The van der Waals surface area contributed by atoms with Crippen LogP contribution in [-0.4, -0.2) is 14.4 Å². The number of imidazole rings is 1. The smallest absolute Gasteiger partial charge is 0.255 e. The van der Waals surface area contributed by atoms with Gasteiger partial charge in [-0.3, -0.25) is 4.79 Å². The number of hydrogen-bond acceptors (Lipinski definition) is 2. The minimum Gasteiger partial charge on any atom is -0.329 e. The molecule has 0 atom stereocenters. The van der Waals surface area contributed by atoms with Gasteiger partial charge in [0.15, 0.2) is 0 Å². The number of pyridine rings is 2. The van der Waals surface area contributed by atoms with E-state index in [0.29, 0.717) is 11.5 Å². The number of aromatic amines is 1. The normalized spacial score (nSPS) is 14.8. The molecule has 1 aliphatic carbocycles. The molecule has 100 valence electrons. The number of nitrogens with one attached hydrogen (secondary N) is 1. The van der Waals surface area contributed by atoms with E-state index in [4.69, 9.17) is 4.98 Å². The fourth-order valence-electron chi connectivity index (χ4n) is 2.73. The van der Waals surface area contributed by atoms with Crippen LogP contribution in [0.4, 0.5) is 0 Å². The highest BCUT2D eigenvalue weighted by Crippen LogP contribution is 2.41. The fourth-order valence-corrected chi connectivity index (χ4v) is 2.73.